The molecular weight excluding hydrogens is 228 g/mol. The quantitative estimate of drug-likeness (QED) is 0.867. The summed E-state index contributed by atoms with van der Waals surface area (Å²) in [7, 11) is 1.77. The van der Waals surface area contributed by atoms with Crippen molar-refractivity contribution in [2.45, 2.75) is 26.3 Å². The summed E-state index contributed by atoms with van der Waals surface area (Å²) in [6.45, 7) is 5.37. The Kier molecular flexibility index (Phi) is 4.49. The Morgan fingerprint density at radius 1 is 1.44 bits per heavy atom. The van der Waals surface area contributed by atoms with Crippen LogP contribution in [0.15, 0.2) is 6.20 Å². The van der Waals surface area contributed by atoms with E-state index in [0.717, 1.165) is 49.7 Å². The summed E-state index contributed by atoms with van der Waals surface area (Å²) < 4.78 is 5.21. The van der Waals surface area contributed by atoms with Crippen LogP contribution in [0.3, 0.4) is 0 Å². The summed E-state index contributed by atoms with van der Waals surface area (Å²) in [6, 6.07) is 0. The molecule has 0 bridgehead atoms. The average molecular weight is 250 g/mol. The van der Waals surface area contributed by atoms with Crippen molar-refractivity contribution >= 4 is 5.95 Å². The second kappa shape index (κ2) is 6.11. The molecule has 0 amide bonds. The summed E-state index contributed by atoms with van der Waals surface area (Å²) in [5, 5.41) is 0. The van der Waals surface area contributed by atoms with Gasteiger partial charge in [0, 0.05) is 50.8 Å². The molecule has 0 saturated carbocycles. The second-order valence-electron chi connectivity index (χ2n) is 4.87. The molecule has 18 heavy (non-hydrogen) atoms. The van der Waals surface area contributed by atoms with Gasteiger partial charge in [0.1, 0.15) is 0 Å². The first kappa shape index (κ1) is 13.2. The van der Waals surface area contributed by atoms with Crippen molar-refractivity contribution in [3.05, 3.63) is 17.5 Å². The predicted molar refractivity (Wildman–Crippen MR) is 71.5 cm³/mol. The summed E-state index contributed by atoms with van der Waals surface area (Å²) in [4.78, 5) is 11.2. The van der Waals surface area contributed by atoms with E-state index in [4.69, 9.17) is 10.5 Å². The third-order valence-electron chi connectivity index (χ3n) is 3.59. The van der Waals surface area contributed by atoms with E-state index in [-0.39, 0.29) is 0 Å². The molecule has 0 aromatic carbocycles. The highest BCUT2D eigenvalue weighted by Crippen LogP contribution is 2.21. The van der Waals surface area contributed by atoms with Gasteiger partial charge in [0.05, 0.1) is 0 Å². The van der Waals surface area contributed by atoms with Gasteiger partial charge in [-0.05, 0) is 25.7 Å². The number of aromatic nitrogens is 2. The van der Waals surface area contributed by atoms with Gasteiger partial charge in [0.2, 0.25) is 5.95 Å². The lowest BCUT2D eigenvalue weighted by Crippen LogP contribution is -2.36. The Labute approximate surface area is 108 Å². The molecule has 1 aliphatic heterocycles. The molecule has 0 atom stereocenters. The third kappa shape index (κ3) is 2.97. The van der Waals surface area contributed by atoms with Crippen molar-refractivity contribution in [2.24, 2.45) is 11.7 Å². The van der Waals surface area contributed by atoms with Gasteiger partial charge in [0.25, 0.3) is 0 Å². The summed E-state index contributed by atoms with van der Waals surface area (Å²) in [5.41, 5.74) is 7.63. The number of hydrogen-bond donors (Lipinski definition) is 1. The average Bonchev–Trinajstić information content (AvgIpc) is 2.40. The van der Waals surface area contributed by atoms with Crippen LogP contribution in [0, 0.1) is 12.8 Å². The summed E-state index contributed by atoms with van der Waals surface area (Å²) in [6.07, 6.45) is 4.14. The molecule has 2 N–H and O–H groups in total. The first-order valence-electron chi connectivity index (χ1n) is 6.51. The molecule has 0 unspecified atom stereocenters. The van der Waals surface area contributed by atoms with Crippen molar-refractivity contribution in [1.82, 2.24) is 9.97 Å². The minimum absolute atomic E-state index is 0.502. The number of nitrogens with zero attached hydrogens (tertiary/aromatic N) is 3. The Hall–Kier alpha value is -1.20. The molecular formula is C13H22N4O. The molecule has 1 aliphatic rings. The van der Waals surface area contributed by atoms with Gasteiger partial charge in [-0.15, -0.1) is 0 Å². The third-order valence-corrected chi connectivity index (χ3v) is 3.59. The fraction of sp³-hybridized carbons (Fsp3) is 0.692. The number of piperidine rings is 1. The van der Waals surface area contributed by atoms with Crippen LogP contribution >= 0.6 is 0 Å². The molecule has 2 heterocycles. The van der Waals surface area contributed by atoms with Crippen molar-refractivity contribution in [2.75, 3.05) is 31.7 Å². The van der Waals surface area contributed by atoms with Crippen LogP contribution in [0.4, 0.5) is 5.95 Å². The molecule has 5 nitrogen and oxygen atoms in total. The van der Waals surface area contributed by atoms with E-state index in [0.29, 0.717) is 12.5 Å². The standard InChI is InChI=1S/C13H22N4O/c1-10-12(7-14)8-15-13(16-10)17-5-3-11(4-6-17)9-18-2/h8,11H,3-7,9,14H2,1-2H3. The first-order chi connectivity index (χ1) is 8.74. The fourth-order valence-corrected chi connectivity index (χ4v) is 2.37. The van der Waals surface area contributed by atoms with E-state index >= 15 is 0 Å². The monoisotopic (exact) mass is 250 g/mol. The van der Waals surface area contributed by atoms with Gasteiger partial charge in [-0.2, -0.15) is 0 Å². The topological polar surface area (TPSA) is 64.3 Å². The zero-order chi connectivity index (χ0) is 13.0. The van der Waals surface area contributed by atoms with E-state index in [1.807, 2.05) is 13.1 Å². The van der Waals surface area contributed by atoms with Gasteiger partial charge in [0.15, 0.2) is 0 Å². The molecule has 1 aromatic heterocycles. The van der Waals surface area contributed by atoms with Crippen molar-refractivity contribution in [3.63, 3.8) is 0 Å². The van der Waals surface area contributed by atoms with Crippen LogP contribution in [0.2, 0.25) is 0 Å². The second-order valence-corrected chi connectivity index (χ2v) is 4.87. The maximum Gasteiger partial charge on any atom is 0.225 e. The molecule has 100 valence electrons. The van der Waals surface area contributed by atoms with Gasteiger partial charge < -0.3 is 15.4 Å². The van der Waals surface area contributed by atoms with Crippen molar-refractivity contribution < 1.29 is 4.74 Å². The molecule has 2 rings (SSSR count). The Bertz CT molecular complexity index is 389. The number of aryl methyl sites for hydroxylation is 1. The maximum absolute atomic E-state index is 5.62. The number of hydrogen-bond acceptors (Lipinski definition) is 5. The highest BCUT2D eigenvalue weighted by atomic mass is 16.5. The van der Waals surface area contributed by atoms with E-state index in [2.05, 4.69) is 14.9 Å². The van der Waals surface area contributed by atoms with E-state index < -0.39 is 0 Å². The van der Waals surface area contributed by atoms with E-state index in [9.17, 15) is 0 Å². The van der Waals surface area contributed by atoms with Crippen LogP contribution in [-0.4, -0.2) is 36.8 Å². The van der Waals surface area contributed by atoms with Gasteiger partial charge in [-0.1, -0.05) is 0 Å². The number of rotatable bonds is 4. The van der Waals surface area contributed by atoms with Crippen LogP contribution in [0.1, 0.15) is 24.1 Å². The molecule has 1 fully saturated rings. The SMILES string of the molecule is COCC1CCN(c2ncc(CN)c(C)n2)CC1. The predicted octanol–water partition coefficient (Wildman–Crippen LogP) is 1.11. The molecule has 1 aromatic rings. The van der Waals surface area contributed by atoms with Gasteiger partial charge in [-0.3, -0.25) is 0 Å². The minimum atomic E-state index is 0.502. The smallest absolute Gasteiger partial charge is 0.225 e. The van der Waals surface area contributed by atoms with Crippen LogP contribution in [-0.2, 0) is 11.3 Å². The molecule has 1 saturated heterocycles. The zero-order valence-electron chi connectivity index (χ0n) is 11.2. The Morgan fingerprint density at radius 3 is 2.72 bits per heavy atom. The largest absolute Gasteiger partial charge is 0.384 e. The fourth-order valence-electron chi connectivity index (χ4n) is 2.37. The van der Waals surface area contributed by atoms with Gasteiger partial charge >= 0.3 is 0 Å². The highest BCUT2D eigenvalue weighted by molar-refractivity contribution is 5.33. The highest BCUT2D eigenvalue weighted by Gasteiger charge is 2.21. The van der Waals surface area contributed by atoms with Crippen molar-refractivity contribution in [1.29, 1.82) is 0 Å². The van der Waals surface area contributed by atoms with E-state index in [1.165, 1.54) is 0 Å². The number of ether oxygens (including phenoxy) is 1. The minimum Gasteiger partial charge on any atom is -0.384 e. The van der Waals surface area contributed by atoms with Crippen LogP contribution in [0.5, 0.6) is 0 Å². The van der Waals surface area contributed by atoms with E-state index in [1.54, 1.807) is 7.11 Å². The molecule has 0 aliphatic carbocycles. The number of nitrogens with two attached hydrogens (primary N) is 1. The molecule has 0 radical (unpaired) electrons. The lowest BCUT2D eigenvalue weighted by atomic mass is 9.98. The van der Waals surface area contributed by atoms with Crippen LogP contribution in [0.25, 0.3) is 0 Å². The molecule has 5 heteroatoms. The summed E-state index contributed by atoms with van der Waals surface area (Å²) >= 11 is 0. The van der Waals surface area contributed by atoms with Gasteiger partial charge in [-0.25, -0.2) is 9.97 Å². The normalized spacial score (nSPS) is 17.2. The molecule has 0 spiro atoms. The maximum atomic E-state index is 5.62. The van der Waals surface area contributed by atoms with Crippen molar-refractivity contribution in [3.8, 4) is 0 Å². The lowest BCUT2D eigenvalue weighted by molar-refractivity contribution is 0.139. The summed E-state index contributed by atoms with van der Waals surface area (Å²) in [5.74, 6) is 1.51. The number of anilines is 1. The Balaban J connectivity index is 1.99. The Morgan fingerprint density at radius 2 is 2.17 bits per heavy atom. The lowest BCUT2D eigenvalue weighted by Gasteiger charge is -2.31. The number of methoxy groups -OCH3 is 1. The first-order valence-corrected chi connectivity index (χ1v) is 6.51. The van der Waals surface area contributed by atoms with Crippen LogP contribution < -0.4 is 10.6 Å². The zero-order valence-corrected chi connectivity index (χ0v) is 11.2.